The third kappa shape index (κ3) is 1.89. The summed E-state index contributed by atoms with van der Waals surface area (Å²) in [6.07, 6.45) is 1.12. The number of ether oxygens (including phenoxy) is 1. The topological polar surface area (TPSA) is 38.7 Å². The molecular formula is C8H5F2NO2. The van der Waals surface area contributed by atoms with Gasteiger partial charge in [-0.1, -0.05) is 0 Å². The van der Waals surface area contributed by atoms with E-state index in [-0.39, 0.29) is 5.75 Å². The maximum Gasteiger partial charge on any atom is 0.240 e. The second-order valence-electron chi connectivity index (χ2n) is 2.14. The highest BCUT2D eigenvalue weighted by molar-refractivity contribution is 5.53. The minimum atomic E-state index is -0.882. The molecule has 1 rings (SSSR count). The van der Waals surface area contributed by atoms with Crippen LogP contribution in [0, 0.1) is 11.6 Å². The number of hydrogen-bond donors (Lipinski definition) is 0. The first kappa shape index (κ1) is 9.35. The molecule has 0 amide bonds. The van der Waals surface area contributed by atoms with E-state index in [1.165, 1.54) is 7.11 Å². The molecule has 0 saturated heterocycles. The van der Waals surface area contributed by atoms with Crippen LogP contribution in [0.15, 0.2) is 17.1 Å². The van der Waals surface area contributed by atoms with Crippen molar-refractivity contribution in [2.45, 2.75) is 0 Å². The van der Waals surface area contributed by atoms with Gasteiger partial charge in [-0.2, -0.15) is 4.99 Å². The molecular weight excluding hydrogens is 180 g/mol. The average molecular weight is 185 g/mol. The zero-order valence-electron chi connectivity index (χ0n) is 6.67. The standard InChI is InChI=1S/C8H5F2NO2/c1-13-7-3-5(9)2-6(8(7)10)11-4-12/h2-3H,1H3. The minimum absolute atomic E-state index is 0.297. The second kappa shape index (κ2) is 3.78. The molecule has 1 aromatic rings. The SMILES string of the molecule is COc1cc(F)cc(N=C=O)c1F. The molecule has 5 heteroatoms. The Labute approximate surface area is 72.7 Å². The van der Waals surface area contributed by atoms with Crippen molar-refractivity contribution in [2.24, 2.45) is 4.99 Å². The average Bonchev–Trinajstić information content (AvgIpc) is 2.11. The molecule has 0 fully saturated rings. The van der Waals surface area contributed by atoms with Crippen LogP contribution < -0.4 is 4.74 Å². The van der Waals surface area contributed by atoms with Crippen molar-refractivity contribution in [1.29, 1.82) is 0 Å². The van der Waals surface area contributed by atoms with Gasteiger partial charge in [-0.3, -0.25) is 0 Å². The first-order chi connectivity index (χ1) is 6.19. The van der Waals surface area contributed by atoms with E-state index in [9.17, 15) is 13.6 Å². The molecule has 0 bridgehead atoms. The predicted octanol–water partition coefficient (Wildman–Crippen LogP) is 1.94. The number of rotatable bonds is 2. The van der Waals surface area contributed by atoms with Crippen molar-refractivity contribution in [3.8, 4) is 5.75 Å². The fourth-order valence-corrected chi connectivity index (χ4v) is 0.830. The summed E-state index contributed by atoms with van der Waals surface area (Å²) in [5, 5.41) is 0. The quantitative estimate of drug-likeness (QED) is 0.521. The van der Waals surface area contributed by atoms with Crippen molar-refractivity contribution < 1.29 is 18.3 Å². The van der Waals surface area contributed by atoms with Gasteiger partial charge in [0.15, 0.2) is 11.6 Å². The van der Waals surface area contributed by atoms with Crippen LogP contribution in [0.2, 0.25) is 0 Å². The maximum absolute atomic E-state index is 13.1. The Morgan fingerprint density at radius 3 is 2.69 bits per heavy atom. The number of carbonyl (C=O) groups excluding carboxylic acids is 1. The Hall–Kier alpha value is -1.74. The van der Waals surface area contributed by atoms with Crippen LogP contribution >= 0.6 is 0 Å². The van der Waals surface area contributed by atoms with Gasteiger partial charge in [-0.25, -0.2) is 13.6 Å². The van der Waals surface area contributed by atoms with E-state index in [0.717, 1.165) is 18.2 Å². The monoisotopic (exact) mass is 185 g/mol. The van der Waals surface area contributed by atoms with Crippen molar-refractivity contribution in [2.75, 3.05) is 7.11 Å². The summed E-state index contributed by atoms with van der Waals surface area (Å²) in [4.78, 5) is 12.8. The van der Waals surface area contributed by atoms with Crippen molar-refractivity contribution in [3.05, 3.63) is 23.8 Å². The molecule has 0 saturated carbocycles. The van der Waals surface area contributed by atoms with E-state index in [1.54, 1.807) is 0 Å². The zero-order valence-corrected chi connectivity index (χ0v) is 6.67. The first-order valence-electron chi connectivity index (χ1n) is 3.30. The Bertz CT molecular complexity index is 373. The molecule has 0 aliphatic rings. The van der Waals surface area contributed by atoms with Gasteiger partial charge in [0.25, 0.3) is 0 Å². The molecule has 0 spiro atoms. The van der Waals surface area contributed by atoms with Gasteiger partial charge in [0.05, 0.1) is 7.11 Å². The highest BCUT2D eigenvalue weighted by Crippen LogP contribution is 2.27. The molecule has 0 heterocycles. The van der Waals surface area contributed by atoms with Crippen LogP contribution in [0.4, 0.5) is 14.5 Å². The van der Waals surface area contributed by atoms with E-state index >= 15 is 0 Å². The Morgan fingerprint density at radius 1 is 1.46 bits per heavy atom. The molecule has 0 atom stereocenters. The normalized spacial score (nSPS) is 9.15. The number of methoxy groups -OCH3 is 1. The molecule has 0 N–H and O–H groups in total. The molecule has 0 aliphatic heterocycles. The van der Waals surface area contributed by atoms with E-state index in [1.807, 2.05) is 0 Å². The van der Waals surface area contributed by atoms with Crippen molar-refractivity contribution >= 4 is 11.8 Å². The second-order valence-corrected chi connectivity index (χ2v) is 2.14. The number of isocyanates is 1. The lowest BCUT2D eigenvalue weighted by molar-refractivity contribution is 0.383. The third-order valence-electron chi connectivity index (χ3n) is 1.37. The lowest BCUT2D eigenvalue weighted by Gasteiger charge is -2.02. The van der Waals surface area contributed by atoms with E-state index < -0.39 is 17.3 Å². The van der Waals surface area contributed by atoms with E-state index in [4.69, 9.17) is 0 Å². The highest BCUT2D eigenvalue weighted by atomic mass is 19.1. The van der Waals surface area contributed by atoms with Crippen LogP contribution in [0.3, 0.4) is 0 Å². The van der Waals surface area contributed by atoms with Gasteiger partial charge in [0.1, 0.15) is 11.5 Å². The molecule has 0 aliphatic carbocycles. The Kier molecular flexibility index (Phi) is 2.72. The van der Waals surface area contributed by atoms with Crippen LogP contribution in [0.1, 0.15) is 0 Å². The molecule has 13 heavy (non-hydrogen) atoms. The minimum Gasteiger partial charge on any atom is -0.493 e. The molecule has 3 nitrogen and oxygen atoms in total. The van der Waals surface area contributed by atoms with Crippen LogP contribution in [0.25, 0.3) is 0 Å². The van der Waals surface area contributed by atoms with Gasteiger partial charge < -0.3 is 4.74 Å². The van der Waals surface area contributed by atoms with Gasteiger partial charge in [0, 0.05) is 12.1 Å². The number of nitrogens with zero attached hydrogens (tertiary/aromatic N) is 1. The lowest BCUT2D eigenvalue weighted by atomic mass is 10.3. The first-order valence-corrected chi connectivity index (χ1v) is 3.30. The third-order valence-corrected chi connectivity index (χ3v) is 1.37. The molecule has 1 aromatic carbocycles. The Morgan fingerprint density at radius 2 is 2.15 bits per heavy atom. The molecule has 0 aromatic heterocycles. The van der Waals surface area contributed by atoms with Crippen molar-refractivity contribution in [1.82, 2.24) is 0 Å². The van der Waals surface area contributed by atoms with Crippen LogP contribution in [-0.4, -0.2) is 13.2 Å². The molecule has 68 valence electrons. The number of benzene rings is 1. The van der Waals surface area contributed by atoms with E-state index in [2.05, 4.69) is 9.73 Å². The van der Waals surface area contributed by atoms with Crippen LogP contribution in [-0.2, 0) is 4.79 Å². The largest absolute Gasteiger partial charge is 0.493 e. The predicted molar refractivity (Wildman–Crippen MR) is 40.7 cm³/mol. The molecule has 0 unspecified atom stereocenters. The van der Waals surface area contributed by atoms with Gasteiger partial charge in [0.2, 0.25) is 6.08 Å². The maximum atomic E-state index is 13.1. The Balaban J connectivity index is 3.34. The zero-order chi connectivity index (χ0) is 9.84. The molecule has 0 radical (unpaired) electrons. The van der Waals surface area contributed by atoms with Gasteiger partial charge >= 0.3 is 0 Å². The number of aliphatic imine (C=N–C) groups is 1. The van der Waals surface area contributed by atoms with Gasteiger partial charge in [-0.05, 0) is 0 Å². The summed E-state index contributed by atoms with van der Waals surface area (Å²) in [6.45, 7) is 0. The van der Waals surface area contributed by atoms with E-state index in [0.29, 0.717) is 0 Å². The number of hydrogen-bond acceptors (Lipinski definition) is 3. The summed E-state index contributed by atoms with van der Waals surface area (Å²) < 4.78 is 30.3. The fraction of sp³-hybridized carbons (Fsp3) is 0.125. The van der Waals surface area contributed by atoms with Gasteiger partial charge in [-0.15, -0.1) is 0 Å². The summed E-state index contributed by atoms with van der Waals surface area (Å²) >= 11 is 0. The van der Waals surface area contributed by atoms with Crippen molar-refractivity contribution in [3.63, 3.8) is 0 Å². The highest BCUT2D eigenvalue weighted by Gasteiger charge is 2.10. The number of halogens is 2. The summed E-state index contributed by atoms with van der Waals surface area (Å²) in [6, 6.07) is 1.64. The summed E-state index contributed by atoms with van der Waals surface area (Å²) in [7, 11) is 1.19. The summed E-state index contributed by atoms with van der Waals surface area (Å²) in [5.41, 5.74) is -0.424. The summed E-state index contributed by atoms with van der Waals surface area (Å²) in [5.74, 6) is -1.91. The lowest BCUT2D eigenvalue weighted by Crippen LogP contribution is -1.89. The fourth-order valence-electron chi connectivity index (χ4n) is 0.830. The van der Waals surface area contributed by atoms with Crippen LogP contribution in [0.5, 0.6) is 5.75 Å². The smallest absolute Gasteiger partial charge is 0.240 e.